The number of amides is 2. The average molecular weight is 296 g/mol. The van der Waals surface area contributed by atoms with Gasteiger partial charge >= 0.3 is 12.0 Å². The lowest BCUT2D eigenvalue weighted by atomic mass is 9.97. The second-order valence-electron chi connectivity index (χ2n) is 5.38. The number of likely N-dealkylation sites (tertiary alicyclic amines) is 1. The number of rotatable bonds is 3. The molecule has 2 amide bonds. The fraction of sp³-hybridized carbons (Fsp3) is 0.733. The van der Waals surface area contributed by atoms with Gasteiger partial charge in [0.2, 0.25) is 0 Å². The van der Waals surface area contributed by atoms with Crippen LogP contribution in [-0.4, -0.2) is 49.8 Å². The molecule has 0 aliphatic carbocycles. The normalized spacial score (nSPS) is 20.0. The zero-order valence-electron chi connectivity index (χ0n) is 12.6. The van der Waals surface area contributed by atoms with E-state index in [4.69, 9.17) is 9.47 Å². The predicted octanol–water partition coefficient (Wildman–Crippen LogP) is 1.67. The highest BCUT2D eigenvalue weighted by Gasteiger charge is 2.27. The number of carbonyl (C=O) groups excluding carboxylic acids is 2. The number of carbonyl (C=O) groups is 2. The standard InChI is InChI=1S/C15H24N2O4/c1-2-21-14(18)13-3-7-17(8-4-13)15(19)16-11-12-5-9-20-10-6-12/h11,13H,2-10H2,1H3,(H,16,19). The van der Waals surface area contributed by atoms with Gasteiger partial charge in [-0.3, -0.25) is 4.79 Å². The first-order chi connectivity index (χ1) is 10.2. The van der Waals surface area contributed by atoms with E-state index in [1.54, 1.807) is 4.90 Å². The first-order valence-electron chi connectivity index (χ1n) is 7.68. The molecule has 0 saturated carbocycles. The second kappa shape index (κ2) is 8.02. The van der Waals surface area contributed by atoms with Crippen LogP contribution < -0.4 is 5.32 Å². The number of esters is 1. The van der Waals surface area contributed by atoms with Gasteiger partial charge in [0.25, 0.3) is 0 Å². The minimum absolute atomic E-state index is 0.0668. The molecule has 118 valence electrons. The third kappa shape index (κ3) is 4.74. The van der Waals surface area contributed by atoms with Gasteiger partial charge in [0.1, 0.15) is 0 Å². The second-order valence-corrected chi connectivity index (χ2v) is 5.38. The third-order valence-electron chi connectivity index (χ3n) is 3.94. The van der Waals surface area contributed by atoms with Gasteiger partial charge in [-0.15, -0.1) is 0 Å². The van der Waals surface area contributed by atoms with Crippen molar-refractivity contribution in [3.63, 3.8) is 0 Å². The summed E-state index contributed by atoms with van der Waals surface area (Å²) < 4.78 is 10.3. The van der Waals surface area contributed by atoms with E-state index in [1.807, 2.05) is 13.1 Å². The molecule has 0 atom stereocenters. The molecule has 0 aromatic carbocycles. The Morgan fingerprint density at radius 3 is 2.62 bits per heavy atom. The molecule has 2 aliphatic rings. The van der Waals surface area contributed by atoms with Crippen molar-refractivity contribution < 1.29 is 19.1 Å². The van der Waals surface area contributed by atoms with Crippen LogP contribution in [0.25, 0.3) is 0 Å². The van der Waals surface area contributed by atoms with Crippen LogP contribution in [0.4, 0.5) is 4.79 Å². The van der Waals surface area contributed by atoms with Crippen molar-refractivity contribution in [1.29, 1.82) is 0 Å². The van der Waals surface area contributed by atoms with E-state index < -0.39 is 0 Å². The lowest BCUT2D eigenvalue weighted by Crippen LogP contribution is -2.44. The Balaban J connectivity index is 1.73. The number of ether oxygens (including phenoxy) is 2. The van der Waals surface area contributed by atoms with E-state index in [0.29, 0.717) is 32.5 Å². The highest BCUT2D eigenvalue weighted by molar-refractivity contribution is 5.76. The molecule has 6 nitrogen and oxygen atoms in total. The third-order valence-corrected chi connectivity index (χ3v) is 3.94. The molecule has 0 spiro atoms. The fourth-order valence-corrected chi connectivity index (χ4v) is 2.61. The monoisotopic (exact) mass is 296 g/mol. The smallest absolute Gasteiger partial charge is 0.321 e. The summed E-state index contributed by atoms with van der Waals surface area (Å²) in [5.74, 6) is -0.204. The molecule has 0 radical (unpaired) electrons. The average Bonchev–Trinajstić information content (AvgIpc) is 2.54. The van der Waals surface area contributed by atoms with Gasteiger partial charge < -0.3 is 19.7 Å². The van der Waals surface area contributed by atoms with E-state index in [0.717, 1.165) is 26.1 Å². The highest BCUT2D eigenvalue weighted by Crippen LogP contribution is 2.19. The molecule has 1 N–H and O–H groups in total. The van der Waals surface area contributed by atoms with Crippen LogP contribution in [0, 0.1) is 5.92 Å². The Morgan fingerprint density at radius 2 is 2.00 bits per heavy atom. The van der Waals surface area contributed by atoms with Gasteiger partial charge in [0.15, 0.2) is 0 Å². The van der Waals surface area contributed by atoms with E-state index in [9.17, 15) is 9.59 Å². The maximum atomic E-state index is 12.1. The number of piperidine rings is 1. The summed E-state index contributed by atoms with van der Waals surface area (Å²) in [5, 5.41) is 2.84. The van der Waals surface area contributed by atoms with Crippen molar-refractivity contribution >= 4 is 12.0 Å². The van der Waals surface area contributed by atoms with Crippen LogP contribution in [0.1, 0.15) is 32.6 Å². The Labute approximate surface area is 125 Å². The fourth-order valence-electron chi connectivity index (χ4n) is 2.61. The topological polar surface area (TPSA) is 67.9 Å². The molecule has 21 heavy (non-hydrogen) atoms. The summed E-state index contributed by atoms with van der Waals surface area (Å²) in [7, 11) is 0. The summed E-state index contributed by atoms with van der Waals surface area (Å²) >= 11 is 0. The van der Waals surface area contributed by atoms with Crippen molar-refractivity contribution in [3.8, 4) is 0 Å². The van der Waals surface area contributed by atoms with Crippen molar-refractivity contribution in [2.75, 3.05) is 32.9 Å². The van der Waals surface area contributed by atoms with Crippen molar-refractivity contribution in [3.05, 3.63) is 11.8 Å². The Morgan fingerprint density at radius 1 is 1.33 bits per heavy atom. The molecular weight excluding hydrogens is 272 g/mol. The Hall–Kier alpha value is -1.56. The maximum Gasteiger partial charge on any atom is 0.321 e. The summed E-state index contributed by atoms with van der Waals surface area (Å²) in [4.78, 5) is 25.5. The molecule has 0 aromatic rings. The number of hydrogen-bond donors (Lipinski definition) is 1. The first kappa shape index (κ1) is 15.8. The SMILES string of the molecule is CCOC(=O)C1CCN(C(=O)NC=C2CCOCC2)CC1. The van der Waals surface area contributed by atoms with E-state index in [2.05, 4.69) is 5.32 Å². The maximum absolute atomic E-state index is 12.1. The Bertz CT molecular complexity index is 392. The molecule has 2 saturated heterocycles. The van der Waals surface area contributed by atoms with Crippen LogP contribution in [-0.2, 0) is 14.3 Å². The molecule has 2 fully saturated rings. The van der Waals surface area contributed by atoms with Crippen molar-refractivity contribution in [1.82, 2.24) is 10.2 Å². The molecule has 0 bridgehead atoms. The van der Waals surface area contributed by atoms with Gasteiger partial charge in [-0.25, -0.2) is 4.79 Å². The minimum atomic E-state index is -0.137. The molecule has 2 rings (SSSR count). The summed E-state index contributed by atoms with van der Waals surface area (Å²) in [6.07, 6.45) is 4.92. The van der Waals surface area contributed by atoms with E-state index in [-0.39, 0.29) is 17.9 Å². The van der Waals surface area contributed by atoms with Crippen LogP contribution in [0.15, 0.2) is 11.8 Å². The zero-order chi connectivity index (χ0) is 15.1. The zero-order valence-corrected chi connectivity index (χ0v) is 12.6. The number of nitrogens with one attached hydrogen (secondary N) is 1. The minimum Gasteiger partial charge on any atom is -0.466 e. The van der Waals surface area contributed by atoms with Gasteiger partial charge in [-0.1, -0.05) is 0 Å². The van der Waals surface area contributed by atoms with Crippen molar-refractivity contribution in [2.45, 2.75) is 32.6 Å². The van der Waals surface area contributed by atoms with Gasteiger partial charge in [0, 0.05) is 19.3 Å². The van der Waals surface area contributed by atoms with Gasteiger partial charge in [0.05, 0.1) is 25.7 Å². The molecule has 2 aliphatic heterocycles. The quantitative estimate of drug-likeness (QED) is 0.804. The van der Waals surface area contributed by atoms with Crippen LogP contribution in [0.3, 0.4) is 0 Å². The molecule has 6 heteroatoms. The Kier molecular flexibility index (Phi) is 6.04. The number of urea groups is 1. The molecule has 0 unspecified atom stereocenters. The van der Waals surface area contributed by atoms with Crippen LogP contribution in [0.5, 0.6) is 0 Å². The predicted molar refractivity (Wildman–Crippen MR) is 77.6 cm³/mol. The summed E-state index contributed by atoms with van der Waals surface area (Å²) in [5.41, 5.74) is 1.22. The molecular formula is C15H24N2O4. The summed E-state index contributed by atoms with van der Waals surface area (Å²) in [6, 6.07) is -0.0868. The van der Waals surface area contributed by atoms with Gasteiger partial charge in [-0.05, 0) is 38.2 Å². The molecule has 2 heterocycles. The van der Waals surface area contributed by atoms with Crippen LogP contribution >= 0.6 is 0 Å². The number of nitrogens with zero attached hydrogens (tertiary/aromatic N) is 1. The number of hydrogen-bond acceptors (Lipinski definition) is 4. The summed E-state index contributed by atoms with van der Waals surface area (Å²) in [6.45, 7) is 4.88. The molecule has 0 aromatic heterocycles. The van der Waals surface area contributed by atoms with E-state index in [1.165, 1.54) is 5.57 Å². The van der Waals surface area contributed by atoms with Crippen LogP contribution in [0.2, 0.25) is 0 Å². The van der Waals surface area contributed by atoms with E-state index >= 15 is 0 Å². The lowest BCUT2D eigenvalue weighted by molar-refractivity contribution is -0.149. The van der Waals surface area contributed by atoms with Gasteiger partial charge in [-0.2, -0.15) is 0 Å². The van der Waals surface area contributed by atoms with Crippen molar-refractivity contribution in [2.24, 2.45) is 5.92 Å². The lowest BCUT2D eigenvalue weighted by Gasteiger charge is -2.30. The largest absolute Gasteiger partial charge is 0.466 e. The first-order valence-corrected chi connectivity index (χ1v) is 7.68. The highest BCUT2D eigenvalue weighted by atomic mass is 16.5.